The summed E-state index contributed by atoms with van der Waals surface area (Å²) in [5.74, 6) is 0. The van der Waals surface area contributed by atoms with Crippen LogP contribution in [-0.4, -0.2) is 24.5 Å². The van der Waals surface area contributed by atoms with Crippen LogP contribution in [-0.2, 0) is 0 Å². The van der Waals surface area contributed by atoms with E-state index in [2.05, 4.69) is 34.9 Å². The van der Waals surface area contributed by atoms with Crippen molar-refractivity contribution in [2.24, 2.45) is 0 Å². The zero-order chi connectivity index (χ0) is 22.0. The highest BCUT2D eigenvalue weighted by Gasteiger charge is 2.32. The van der Waals surface area contributed by atoms with Crippen molar-refractivity contribution in [2.75, 3.05) is 24.5 Å². The summed E-state index contributed by atoms with van der Waals surface area (Å²) in [6.07, 6.45) is 0. The number of halogens is 3. The van der Waals surface area contributed by atoms with Crippen molar-refractivity contribution < 1.29 is 0 Å². The third-order valence-electron chi connectivity index (χ3n) is 5.96. The van der Waals surface area contributed by atoms with Gasteiger partial charge in [-0.3, -0.25) is 4.90 Å². The first-order valence-electron chi connectivity index (χ1n) is 10.2. The summed E-state index contributed by atoms with van der Waals surface area (Å²) in [6.45, 7) is 4.77. The van der Waals surface area contributed by atoms with Crippen molar-refractivity contribution in [3.8, 4) is 6.07 Å². The number of hydrogen-bond acceptors (Lipinski definition) is 3. The molecule has 1 heterocycles. The van der Waals surface area contributed by atoms with Crippen molar-refractivity contribution in [1.82, 2.24) is 4.90 Å². The van der Waals surface area contributed by atoms with Gasteiger partial charge in [0.1, 0.15) is 0 Å². The van der Waals surface area contributed by atoms with E-state index in [4.69, 9.17) is 40.1 Å². The summed E-state index contributed by atoms with van der Waals surface area (Å²) < 4.78 is 0. The van der Waals surface area contributed by atoms with Crippen LogP contribution in [0.3, 0.4) is 0 Å². The molecule has 0 spiro atoms. The van der Waals surface area contributed by atoms with E-state index in [0.717, 1.165) is 30.3 Å². The minimum Gasteiger partial charge on any atom is -0.361 e. The lowest BCUT2D eigenvalue weighted by molar-refractivity contribution is 0.171. The molecule has 2 atom stereocenters. The Morgan fingerprint density at radius 2 is 1.58 bits per heavy atom. The molecule has 31 heavy (non-hydrogen) atoms. The molecule has 1 aliphatic rings. The number of nitriles is 1. The first kappa shape index (κ1) is 22.0. The van der Waals surface area contributed by atoms with Crippen LogP contribution in [0, 0.1) is 11.3 Å². The third-order valence-corrected chi connectivity index (χ3v) is 6.75. The second-order valence-electron chi connectivity index (χ2n) is 7.76. The van der Waals surface area contributed by atoms with E-state index in [0.29, 0.717) is 15.6 Å². The molecule has 3 aromatic rings. The van der Waals surface area contributed by atoms with E-state index >= 15 is 0 Å². The minimum atomic E-state index is 0.116. The lowest BCUT2D eigenvalue weighted by atomic mass is 9.98. The largest absolute Gasteiger partial charge is 0.361 e. The average Bonchev–Trinajstić information content (AvgIpc) is 2.79. The maximum Gasteiger partial charge on any atom is 0.0991 e. The maximum atomic E-state index is 9.08. The quantitative estimate of drug-likeness (QED) is 0.406. The Morgan fingerprint density at radius 1 is 0.903 bits per heavy atom. The molecule has 3 aromatic carbocycles. The monoisotopic (exact) mass is 469 g/mol. The molecule has 6 heteroatoms. The summed E-state index contributed by atoms with van der Waals surface area (Å²) in [7, 11) is 0. The highest BCUT2D eigenvalue weighted by molar-refractivity contribution is 6.36. The zero-order valence-corrected chi connectivity index (χ0v) is 19.4. The summed E-state index contributed by atoms with van der Waals surface area (Å²) in [6, 6.07) is 24.1. The maximum absolute atomic E-state index is 9.08. The molecule has 0 unspecified atom stereocenters. The van der Waals surface area contributed by atoms with Crippen LogP contribution in [0.4, 0.5) is 5.69 Å². The molecule has 0 saturated carbocycles. The molecule has 158 valence electrons. The highest BCUT2D eigenvalue weighted by atomic mass is 35.5. The Hall–Kier alpha value is -2.22. The van der Waals surface area contributed by atoms with E-state index in [1.807, 2.05) is 48.5 Å². The van der Waals surface area contributed by atoms with Crippen LogP contribution in [0.25, 0.3) is 0 Å². The van der Waals surface area contributed by atoms with Gasteiger partial charge in [-0.1, -0.05) is 59.1 Å². The number of hydrogen-bond donors (Lipinski definition) is 0. The fourth-order valence-corrected chi connectivity index (χ4v) is 4.82. The van der Waals surface area contributed by atoms with E-state index in [1.54, 1.807) is 6.07 Å². The number of piperazine rings is 1. The Bertz CT molecular complexity index is 1090. The van der Waals surface area contributed by atoms with Crippen LogP contribution < -0.4 is 4.90 Å². The van der Waals surface area contributed by atoms with Crippen LogP contribution in [0.2, 0.25) is 15.1 Å². The SMILES string of the molecule is C[C@H](c1ccc(C#N)cc1)N1CCN(c2ccc(Cl)cc2Cl)[C@H](c2ccc(Cl)cc2)C1. The summed E-state index contributed by atoms with van der Waals surface area (Å²) in [4.78, 5) is 4.82. The molecule has 1 aliphatic heterocycles. The minimum absolute atomic E-state index is 0.116. The van der Waals surface area contributed by atoms with E-state index < -0.39 is 0 Å². The van der Waals surface area contributed by atoms with Gasteiger partial charge in [0.15, 0.2) is 0 Å². The zero-order valence-electron chi connectivity index (χ0n) is 17.1. The van der Waals surface area contributed by atoms with Gasteiger partial charge in [-0.2, -0.15) is 5.26 Å². The van der Waals surface area contributed by atoms with Crippen molar-refractivity contribution in [1.29, 1.82) is 5.26 Å². The van der Waals surface area contributed by atoms with Crippen LogP contribution in [0.15, 0.2) is 66.7 Å². The molecule has 0 N–H and O–H groups in total. The molecule has 0 aromatic heterocycles. The molecule has 4 rings (SSSR count). The number of rotatable bonds is 4. The predicted molar refractivity (Wildman–Crippen MR) is 129 cm³/mol. The van der Waals surface area contributed by atoms with Gasteiger partial charge in [0.2, 0.25) is 0 Å². The molecular weight excluding hydrogens is 449 g/mol. The fraction of sp³-hybridized carbons (Fsp3) is 0.240. The Labute approximate surface area is 198 Å². The summed E-state index contributed by atoms with van der Waals surface area (Å²) in [5.41, 5.74) is 4.05. The van der Waals surface area contributed by atoms with Gasteiger partial charge in [0.05, 0.1) is 28.4 Å². The summed E-state index contributed by atoms with van der Waals surface area (Å²) in [5, 5.41) is 11.1. The molecule has 1 fully saturated rings. The van der Waals surface area contributed by atoms with Crippen molar-refractivity contribution in [3.05, 3.63) is 98.5 Å². The third kappa shape index (κ3) is 4.84. The Morgan fingerprint density at radius 3 is 2.23 bits per heavy atom. The lowest BCUT2D eigenvalue weighted by Crippen LogP contribution is -2.49. The van der Waals surface area contributed by atoms with Gasteiger partial charge in [-0.25, -0.2) is 0 Å². The topological polar surface area (TPSA) is 30.3 Å². The fourth-order valence-electron chi connectivity index (χ4n) is 4.18. The van der Waals surface area contributed by atoms with Gasteiger partial charge in [0.25, 0.3) is 0 Å². The normalized spacial score (nSPS) is 17.9. The van der Waals surface area contributed by atoms with Crippen molar-refractivity contribution >= 4 is 40.5 Å². The molecule has 0 radical (unpaired) electrons. The van der Waals surface area contributed by atoms with Crippen molar-refractivity contribution in [3.63, 3.8) is 0 Å². The van der Waals surface area contributed by atoms with Gasteiger partial charge < -0.3 is 4.90 Å². The average molecular weight is 471 g/mol. The molecule has 0 amide bonds. The van der Waals surface area contributed by atoms with E-state index in [9.17, 15) is 0 Å². The molecule has 1 saturated heterocycles. The smallest absolute Gasteiger partial charge is 0.0991 e. The Balaban J connectivity index is 1.65. The predicted octanol–water partition coefficient (Wildman–Crippen LogP) is 7.14. The summed E-state index contributed by atoms with van der Waals surface area (Å²) >= 11 is 18.9. The second kappa shape index (κ2) is 9.51. The van der Waals surface area contributed by atoms with Gasteiger partial charge in [-0.05, 0) is 60.5 Å². The number of benzene rings is 3. The standard InChI is InChI=1S/C25H22Cl3N3/c1-17(19-4-2-18(15-29)3-5-19)30-12-13-31(24-11-10-22(27)14-23(24)28)25(16-30)20-6-8-21(26)9-7-20/h2-11,14,17,25H,12-13,16H2,1H3/t17-,25+/m1/s1. The first-order valence-corrected chi connectivity index (χ1v) is 11.3. The van der Waals surface area contributed by atoms with Crippen LogP contribution in [0.1, 0.15) is 35.7 Å². The van der Waals surface area contributed by atoms with Gasteiger partial charge in [0, 0.05) is 35.7 Å². The van der Waals surface area contributed by atoms with Crippen LogP contribution >= 0.6 is 34.8 Å². The van der Waals surface area contributed by atoms with Crippen LogP contribution in [0.5, 0.6) is 0 Å². The lowest BCUT2D eigenvalue weighted by Gasteiger charge is -2.45. The second-order valence-corrected chi connectivity index (χ2v) is 9.04. The molecular formula is C25H22Cl3N3. The van der Waals surface area contributed by atoms with Gasteiger partial charge >= 0.3 is 0 Å². The number of anilines is 1. The molecule has 0 bridgehead atoms. The van der Waals surface area contributed by atoms with E-state index in [-0.39, 0.29) is 12.1 Å². The highest BCUT2D eigenvalue weighted by Crippen LogP contribution is 2.38. The van der Waals surface area contributed by atoms with E-state index in [1.165, 1.54) is 11.1 Å². The molecule has 0 aliphatic carbocycles. The van der Waals surface area contributed by atoms with Gasteiger partial charge in [-0.15, -0.1) is 0 Å². The number of nitrogens with zero attached hydrogens (tertiary/aromatic N) is 3. The Kier molecular flexibility index (Phi) is 6.74. The molecule has 3 nitrogen and oxygen atoms in total. The van der Waals surface area contributed by atoms with Crippen molar-refractivity contribution in [2.45, 2.75) is 19.0 Å². The first-order chi connectivity index (χ1) is 15.0.